The second kappa shape index (κ2) is 7.55. The summed E-state index contributed by atoms with van der Waals surface area (Å²) in [5.41, 5.74) is 3.25. The van der Waals surface area contributed by atoms with Crippen LogP contribution in [0.5, 0.6) is 0 Å². The van der Waals surface area contributed by atoms with Gasteiger partial charge in [-0.25, -0.2) is 9.97 Å². The average Bonchev–Trinajstić information content (AvgIpc) is 3.17. The molecule has 0 atom stereocenters. The first-order chi connectivity index (χ1) is 12.4. The maximum Gasteiger partial charge on any atom is 0.159 e. The molecule has 0 saturated carbocycles. The molecule has 1 fully saturated rings. The van der Waals surface area contributed by atoms with Crippen molar-refractivity contribution in [1.29, 1.82) is 0 Å². The van der Waals surface area contributed by atoms with Crippen molar-refractivity contribution < 1.29 is 4.74 Å². The topological polar surface area (TPSA) is 56.1 Å². The van der Waals surface area contributed by atoms with E-state index in [4.69, 9.17) is 4.74 Å². The molecule has 6 heteroatoms. The molecule has 0 N–H and O–H groups in total. The van der Waals surface area contributed by atoms with E-state index in [1.807, 2.05) is 29.1 Å². The number of aromatic nitrogens is 4. The minimum absolute atomic E-state index is 0.740. The van der Waals surface area contributed by atoms with Crippen LogP contribution in [-0.2, 0) is 11.3 Å². The summed E-state index contributed by atoms with van der Waals surface area (Å²) in [5, 5.41) is 4.51. The van der Waals surface area contributed by atoms with Gasteiger partial charge >= 0.3 is 0 Å². The van der Waals surface area contributed by atoms with Crippen molar-refractivity contribution in [1.82, 2.24) is 24.6 Å². The Balaban J connectivity index is 1.46. The molecule has 1 saturated heterocycles. The van der Waals surface area contributed by atoms with Crippen LogP contribution < -0.4 is 0 Å². The highest BCUT2D eigenvalue weighted by Gasteiger charge is 2.10. The highest BCUT2D eigenvalue weighted by atomic mass is 16.5. The lowest BCUT2D eigenvalue weighted by Gasteiger charge is -2.26. The van der Waals surface area contributed by atoms with E-state index in [1.54, 1.807) is 12.4 Å². The first-order valence-corrected chi connectivity index (χ1v) is 8.59. The number of rotatable bonds is 5. The average molecular weight is 335 g/mol. The molecule has 0 unspecified atom stereocenters. The number of hydrogen-bond donors (Lipinski definition) is 0. The fourth-order valence-corrected chi connectivity index (χ4v) is 2.99. The molecule has 6 nitrogen and oxygen atoms in total. The van der Waals surface area contributed by atoms with Gasteiger partial charge in [-0.15, -0.1) is 0 Å². The third-order valence-corrected chi connectivity index (χ3v) is 4.40. The molecule has 2 aromatic heterocycles. The Morgan fingerprint density at radius 3 is 2.56 bits per heavy atom. The first kappa shape index (κ1) is 15.9. The highest BCUT2D eigenvalue weighted by molar-refractivity contribution is 5.69. The maximum absolute atomic E-state index is 5.39. The summed E-state index contributed by atoms with van der Waals surface area (Å²) in [6, 6.07) is 10.1. The number of benzene rings is 1. The molecule has 0 spiro atoms. The molecular weight excluding hydrogens is 314 g/mol. The van der Waals surface area contributed by atoms with E-state index in [-0.39, 0.29) is 0 Å². The molecule has 128 valence electrons. The van der Waals surface area contributed by atoms with Crippen LogP contribution in [0.1, 0.15) is 0 Å². The van der Waals surface area contributed by atoms with E-state index in [2.05, 4.69) is 38.3 Å². The molecule has 0 bridgehead atoms. The summed E-state index contributed by atoms with van der Waals surface area (Å²) >= 11 is 0. The fraction of sp³-hybridized carbons (Fsp3) is 0.316. The van der Waals surface area contributed by atoms with Gasteiger partial charge in [-0.3, -0.25) is 9.58 Å². The monoisotopic (exact) mass is 335 g/mol. The van der Waals surface area contributed by atoms with Crippen molar-refractivity contribution in [2.45, 2.75) is 6.54 Å². The maximum atomic E-state index is 5.39. The summed E-state index contributed by atoms with van der Waals surface area (Å²) in [6.07, 6.45) is 7.55. The van der Waals surface area contributed by atoms with Crippen molar-refractivity contribution in [3.8, 4) is 22.5 Å². The first-order valence-electron chi connectivity index (χ1n) is 8.59. The number of ether oxygens (including phenoxy) is 1. The highest BCUT2D eigenvalue weighted by Crippen LogP contribution is 2.23. The summed E-state index contributed by atoms with van der Waals surface area (Å²) in [7, 11) is 0. The zero-order valence-electron chi connectivity index (χ0n) is 14.1. The van der Waals surface area contributed by atoms with Gasteiger partial charge in [0.1, 0.15) is 0 Å². The molecule has 1 aliphatic rings. The molecule has 1 aliphatic heterocycles. The van der Waals surface area contributed by atoms with Gasteiger partial charge < -0.3 is 4.74 Å². The number of hydrogen-bond acceptors (Lipinski definition) is 5. The Bertz CT molecular complexity index is 811. The van der Waals surface area contributed by atoms with E-state index in [1.165, 1.54) is 0 Å². The molecule has 3 heterocycles. The summed E-state index contributed by atoms with van der Waals surface area (Å²) < 4.78 is 7.40. The Morgan fingerprint density at radius 1 is 0.920 bits per heavy atom. The lowest BCUT2D eigenvalue weighted by Crippen LogP contribution is -2.38. The van der Waals surface area contributed by atoms with Crippen LogP contribution >= 0.6 is 0 Å². The molecule has 0 radical (unpaired) electrons. The van der Waals surface area contributed by atoms with Crippen LogP contribution in [-0.4, -0.2) is 57.5 Å². The van der Waals surface area contributed by atoms with Gasteiger partial charge in [-0.05, 0) is 17.7 Å². The minimum Gasteiger partial charge on any atom is -0.379 e. The van der Waals surface area contributed by atoms with Gasteiger partial charge in [0, 0.05) is 49.4 Å². The summed E-state index contributed by atoms with van der Waals surface area (Å²) in [6.45, 7) is 5.57. The third-order valence-electron chi connectivity index (χ3n) is 4.40. The van der Waals surface area contributed by atoms with Crippen molar-refractivity contribution in [3.63, 3.8) is 0 Å². The molecule has 25 heavy (non-hydrogen) atoms. The van der Waals surface area contributed by atoms with Crippen LogP contribution in [0.4, 0.5) is 0 Å². The lowest BCUT2D eigenvalue weighted by molar-refractivity contribution is 0.0360. The summed E-state index contributed by atoms with van der Waals surface area (Å²) in [4.78, 5) is 11.1. The molecular formula is C19H21N5O. The van der Waals surface area contributed by atoms with E-state index in [0.717, 1.165) is 61.9 Å². The van der Waals surface area contributed by atoms with Crippen LogP contribution in [0.3, 0.4) is 0 Å². The van der Waals surface area contributed by atoms with Crippen LogP contribution in [0, 0.1) is 0 Å². The number of nitrogens with zero attached hydrogens (tertiary/aromatic N) is 5. The van der Waals surface area contributed by atoms with E-state index in [9.17, 15) is 0 Å². The van der Waals surface area contributed by atoms with Crippen LogP contribution in [0.2, 0.25) is 0 Å². The predicted octanol–water partition coefficient (Wildman–Crippen LogP) is 2.34. The lowest BCUT2D eigenvalue weighted by atomic mass is 10.1. The van der Waals surface area contributed by atoms with Crippen molar-refractivity contribution in [2.75, 3.05) is 32.8 Å². The second-order valence-electron chi connectivity index (χ2n) is 6.10. The SMILES string of the molecule is c1cnc(-c2cccc(-c3cnn(CCN4CCOCC4)c3)c2)nc1. The molecule has 1 aromatic carbocycles. The Morgan fingerprint density at radius 2 is 1.72 bits per heavy atom. The zero-order valence-corrected chi connectivity index (χ0v) is 14.1. The van der Waals surface area contributed by atoms with E-state index >= 15 is 0 Å². The Labute approximate surface area is 147 Å². The van der Waals surface area contributed by atoms with Crippen molar-refractivity contribution in [3.05, 3.63) is 55.1 Å². The van der Waals surface area contributed by atoms with Gasteiger partial charge in [0.05, 0.1) is 26.0 Å². The van der Waals surface area contributed by atoms with E-state index in [0.29, 0.717) is 0 Å². The predicted molar refractivity (Wildman–Crippen MR) is 95.9 cm³/mol. The number of morpholine rings is 1. The molecule has 0 aliphatic carbocycles. The molecule has 0 amide bonds. The van der Waals surface area contributed by atoms with Crippen molar-refractivity contribution in [2.24, 2.45) is 0 Å². The quantitative estimate of drug-likeness (QED) is 0.716. The van der Waals surface area contributed by atoms with Gasteiger partial charge in [0.2, 0.25) is 0 Å². The van der Waals surface area contributed by atoms with Crippen LogP contribution in [0.15, 0.2) is 55.1 Å². The Hall–Kier alpha value is -2.57. The largest absolute Gasteiger partial charge is 0.379 e. The second-order valence-corrected chi connectivity index (χ2v) is 6.10. The van der Waals surface area contributed by atoms with Gasteiger partial charge in [-0.1, -0.05) is 18.2 Å². The fourth-order valence-electron chi connectivity index (χ4n) is 2.99. The van der Waals surface area contributed by atoms with Gasteiger partial charge in [0.25, 0.3) is 0 Å². The minimum atomic E-state index is 0.740. The third kappa shape index (κ3) is 3.92. The summed E-state index contributed by atoms with van der Waals surface area (Å²) in [5.74, 6) is 0.740. The van der Waals surface area contributed by atoms with E-state index < -0.39 is 0 Å². The van der Waals surface area contributed by atoms with Gasteiger partial charge in [0.15, 0.2) is 5.82 Å². The standard InChI is InChI=1S/C19H21N5O/c1-3-16(13-17(4-1)19-20-5-2-6-21-19)18-14-22-24(15-18)8-7-23-9-11-25-12-10-23/h1-6,13-15H,7-12H2. The molecule has 4 rings (SSSR count). The molecule has 3 aromatic rings. The van der Waals surface area contributed by atoms with Crippen LogP contribution in [0.25, 0.3) is 22.5 Å². The van der Waals surface area contributed by atoms with Gasteiger partial charge in [-0.2, -0.15) is 5.10 Å². The Kier molecular flexibility index (Phi) is 4.81. The normalized spacial score (nSPS) is 15.4. The van der Waals surface area contributed by atoms with Crippen molar-refractivity contribution >= 4 is 0 Å². The zero-order chi connectivity index (χ0) is 16.9. The smallest absolute Gasteiger partial charge is 0.159 e.